The van der Waals surface area contributed by atoms with Gasteiger partial charge in [0.15, 0.2) is 5.17 Å². The molecule has 3 rings (SSSR count). The number of anilines is 1. The van der Waals surface area contributed by atoms with Crippen LogP contribution in [-0.2, 0) is 6.18 Å². The van der Waals surface area contributed by atoms with Gasteiger partial charge in [-0.2, -0.15) is 13.2 Å². The minimum Gasteiger partial charge on any atom is -0.343 e. The molecule has 0 amide bonds. The highest BCUT2D eigenvalue weighted by Crippen LogP contribution is 2.31. The molecule has 1 aliphatic heterocycles. The Kier molecular flexibility index (Phi) is 3.08. The molecule has 9 heteroatoms. The third kappa shape index (κ3) is 2.45. The Balaban J connectivity index is 2.11. The monoisotopic (exact) mass is 301 g/mol. The number of aromatic nitrogens is 3. The van der Waals surface area contributed by atoms with Crippen molar-refractivity contribution in [1.82, 2.24) is 15.0 Å². The molecule has 0 bridgehead atoms. The van der Waals surface area contributed by atoms with Gasteiger partial charge in [0.2, 0.25) is 5.82 Å². The zero-order valence-electron chi connectivity index (χ0n) is 10.4. The SMILES string of the molecule is Cc1cc2c(NC3=NCCS3)nc(C(F)(F)F)nc2[nH]1. The highest BCUT2D eigenvalue weighted by molar-refractivity contribution is 8.14. The number of fused-ring (bicyclic) bond motifs is 1. The smallest absolute Gasteiger partial charge is 0.343 e. The van der Waals surface area contributed by atoms with Crippen LogP contribution in [-0.4, -0.2) is 32.4 Å². The van der Waals surface area contributed by atoms with Crippen molar-refractivity contribution in [2.45, 2.75) is 13.1 Å². The van der Waals surface area contributed by atoms with Crippen LogP contribution in [0.4, 0.5) is 19.0 Å². The Bertz CT molecular complexity index is 691. The van der Waals surface area contributed by atoms with Crippen molar-refractivity contribution in [3.8, 4) is 0 Å². The number of H-pyrrole nitrogens is 1. The number of aromatic amines is 1. The topological polar surface area (TPSA) is 66.0 Å². The molecule has 5 nitrogen and oxygen atoms in total. The van der Waals surface area contributed by atoms with Crippen LogP contribution in [0.5, 0.6) is 0 Å². The van der Waals surface area contributed by atoms with Crippen molar-refractivity contribution in [3.63, 3.8) is 0 Å². The third-order valence-corrected chi connectivity index (χ3v) is 3.58. The molecule has 2 aromatic heterocycles. The van der Waals surface area contributed by atoms with E-state index in [-0.39, 0.29) is 11.5 Å². The summed E-state index contributed by atoms with van der Waals surface area (Å²) in [5, 5.41) is 3.95. The Hall–Kier alpha value is -1.77. The van der Waals surface area contributed by atoms with Gasteiger partial charge in [0, 0.05) is 11.4 Å². The highest BCUT2D eigenvalue weighted by atomic mass is 32.2. The number of nitrogens with one attached hydrogen (secondary N) is 2. The summed E-state index contributed by atoms with van der Waals surface area (Å²) in [5.41, 5.74) is 0.883. The number of hydrogen-bond acceptors (Lipinski definition) is 5. The van der Waals surface area contributed by atoms with Crippen molar-refractivity contribution in [3.05, 3.63) is 17.6 Å². The van der Waals surface area contributed by atoms with E-state index >= 15 is 0 Å². The molecular formula is C11H10F3N5S. The van der Waals surface area contributed by atoms with E-state index in [1.807, 2.05) is 0 Å². The number of hydrogen-bond donors (Lipinski definition) is 2. The fourth-order valence-corrected chi connectivity index (χ4v) is 2.60. The lowest BCUT2D eigenvalue weighted by atomic mass is 10.3. The van der Waals surface area contributed by atoms with Gasteiger partial charge >= 0.3 is 6.18 Å². The molecule has 20 heavy (non-hydrogen) atoms. The first-order valence-electron chi connectivity index (χ1n) is 5.82. The second-order valence-electron chi connectivity index (χ2n) is 4.27. The molecule has 0 spiro atoms. The van der Waals surface area contributed by atoms with E-state index in [4.69, 9.17) is 0 Å². The molecule has 2 aromatic rings. The zero-order chi connectivity index (χ0) is 14.3. The van der Waals surface area contributed by atoms with E-state index in [9.17, 15) is 13.2 Å². The Labute approximate surface area is 116 Å². The van der Waals surface area contributed by atoms with Gasteiger partial charge in [0.05, 0.1) is 11.9 Å². The molecule has 2 N–H and O–H groups in total. The summed E-state index contributed by atoms with van der Waals surface area (Å²) < 4.78 is 38.4. The van der Waals surface area contributed by atoms with Crippen LogP contribution >= 0.6 is 11.8 Å². The molecule has 0 fully saturated rings. The van der Waals surface area contributed by atoms with Crippen LogP contribution in [0, 0.1) is 6.92 Å². The van der Waals surface area contributed by atoms with Gasteiger partial charge < -0.3 is 10.3 Å². The summed E-state index contributed by atoms with van der Waals surface area (Å²) in [6.45, 7) is 2.40. The molecule has 0 saturated heterocycles. The minimum absolute atomic E-state index is 0.125. The summed E-state index contributed by atoms with van der Waals surface area (Å²) in [4.78, 5) is 14.1. The third-order valence-electron chi connectivity index (χ3n) is 2.69. The largest absolute Gasteiger partial charge is 0.451 e. The number of alkyl halides is 3. The highest BCUT2D eigenvalue weighted by Gasteiger charge is 2.36. The minimum atomic E-state index is -4.59. The molecule has 0 saturated carbocycles. The Morgan fingerprint density at radius 2 is 2.15 bits per heavy atom. The Morgan fingerprint density at radius 1 is 1.35 bits per heavy atom. The summed E-state index contributed by atoms with van der Waals surface area (Å²) >= 11 is 1.45. The van der Waals surface area contributed by atoms with Crippen LogP contribution in [0.3, 0.4) is 0 Å². The summed E-state index contributed by atoms with van der Waals surface area (Å²) in [7, 11) is 0. The molecule has 0 aromatic carbocycles. The van der Waals surface area contributed by atoms with E-state index in [0.717, 1.165) is 11.4 Å². The maximum Gasteiger partial charge on any atom is 0.451 e. The number of halogens is 3. The van der Waals surface area contributed by atoms with E-state index in [1.165, 1.54) is 11.8 Å². The van der Waals surface area contributed by atoms with Gasteiger partial charge in [-0.25, -0.2) is 9.97 Å². The fourth-order valence-electron chi connectivity index (χ4n) is 1.87. The van der Waals surface area contributed by atoms with Gasteiger partial charge in [0.25, 0.3) is 0 Å². The van der Waals surface area contributed by atoms with E-state index in [1.54, 1.807) is 13.0 Å². The molecule has 0 radical (unpaired) electrons. The number of nitrogens with zero attached hydrogens (tertiary/aromatic N) is 3. The first kappa shape index (κ1) is 13.2. The predicted molar refractivity (Wildman–Crippen MR) is 72.0 cm³/mol. The number of rotatable bonds is 1. The molecule has 1 aliphatic rings. The van der Waals surface area contributed by atoms with Gasteiger partial charge in [-0.15, -0.1) is 0 Å². The van der Waals surface area contributed by atoms with E-state index in [0.29, 0.717) is 17.1 Å². The number of amidine groups is 1. The van der Waals surface area contributed by atoms with Crippen LogP contribution in [0.2, 0.25) is 0 Å². The van der Waals surface area contributed by atoms with Gasteiger partial charge in [-0.1, -0.05) is 11.8 Å². The normalized spacial score (nSPS) is 15.7. The van der Waals surface area contributed by atoms with Crippen LogP contribution in [0.15, 0.2) is 11.1 Å². The number of aliphatic imine (C=N–C) groups is 1. The first-order valence-corrected chi connectivity index (χ1v) is 6.81. The summed E-state index contributed by atoms with van der Waals surface area (Å²) in [6.07, 6.45) is -4.59. The van der Waals surface area contributed by atoms with Crippen molar-refractivity contribution in [1.29, 1.82) is 0 Å². The zero-order valence-corrected chi connectivity index (χ0v) is 11.2. The number of thioether (sulfide) groups is 1. The average molecular weight is 301 g/mol. The van der Waals surface area contributed by atoms with Crippen LogP contribution in [0.1, 0.15) is 11.5 Å². The number of aryl methyl sites for hydroxylation is 1. The predicted octanol–water partition coefficient (Wildman–Crippen LogP) is 2.80. The van der Waals surface area contributed by atoms with Crippen LogP contribution < -0.4 is 5.32 Å². The fraction of sp³-hybridized carbons (Fsp3) is 0.364. The van der Waals surface area contributed by atoms with E-state index < -0.39 is 12.0 Å². The van der Waals surface area contributed by atoms with Crippen molar-refractivity contribution in [2.24, 2.45) is 4.99 Å². The molecule has 106 valence electrons. The second-order valence-corrected chi connectivity index (χ2v) is 5.35. The first-order chi connectivity index (χ1) is 9.43. The van der Waals surface area contributed by atoms with Gasteiger partial charge in [-0.3, -0.25) is 4.99 Å². The molecule has 0 unspecified atom stereocenters. The maximum absolute atomic E-state index is 12.8. The second kappa shape index (κ2) is 4.65. The lowest BCUT2D eigenvalue weighted by molar-refractivity contribution is -0.144. The average Bonchev–Trinajstić information content (AvgIpc) is 2.96. The van der Waals surface area contributed by atoms with Crippen LogP contribution in [0.25, 0.3) is 11.0 Å². The maximum atomic E-state index is 12.8. The summed E-state index contributed by atoms with van der Waals surface area (Å²) in [6, 6.07) is 1.71. The molecule has 0 aliphatic carbocycles. The van der Waals surface area contributed by atoms with Crippen molar-refractivity contribution >= 4 is 33.8 Å². The standard InChI is InChI=1S/C11H10F3N5S/c1-5-4-6-7(16-5)17-9(11(12,13)14)18-8(6)19-10-15-2-3-20-10/h4H,2-3H2,1H3,(H2,15,16,17,18,19). The van der Waals surface area contributed by atoms with E-state index in [2.05, 4.69) is 25.3 Å². The lowest BCUT2D eigenvalue weighted by Gasteiger charge is -2.09. The van der Waals surface area contributed by atoms with Gasteiger partial charge in [-0.05, 0) is 13.0 Å². The molecule has 0 atom stereocenters. The lowest BCUT2D eigenvalue weighted by Crippen LogP contribution is -2.15. The van der Waals surface area contributed by atoms with Crippen molar-refractivity contribution in [2.75, 3.05) is 17.6 Å². The quantitative estimate of drug-likeness (QED) is 0.850. The Morgan fingerprint density at radius 3 is 2.80 bits per heavy atom. The summed E-state index contributed by atoms with van der Waals surface area (Å²) in [5.74, 6) is -0.229. The molecular weight excluding hydrogens is 291 g/mol. The van der Waals surface area contributed by atoms with Crippen molar-refractivity contribution < 1.29 is 13.2 Å². The van der Waals surface area contributed by atoms with Gasteiger partial charge in [0.1, 0.15) is 11.5 Å². The molecule has 3 heterocycles.